The molecule has 0 aliphatic heterocycles. The summed E-state index contributed by atoms with van der Waals surface area (Å²) in [6, 6.07) is 4.63. The smallest absolute Gasteiger partial charge is 0.230 e. The minimum Gasteiger partial charge on any atom is -0.385 e. The molecule has 1 aromatic carbocycles. The molecular formula is C16H19FN2O2. The molecule has 112 valence electrons. The number of carbonyl (C=O) groups excluding carboxylic acids is 1. The Kier molecular flexibility index (Phi) is 3.68. The zero-order chi connectivity index (χ0) is 14.9. The fraction of sp³-hybridized carbons (Fsp3) is 0.438. The van der Waals surface area contributed by atoms with Crippen molar-refractivity contribution in [3.63, 3.8) is 0 Å². The summed E-state index contributed by atoms with van der Waals surface area (Å²) in [6.07, 6.45) is 4.26. The van der Waals surface area contributed by atoms with Gasteiger partial charge in [-0.1, -0.05) is 0 Å². The predicted octanol–water partition coefficient (Wildman–Crippen LogP) is 2.49. The monoisotopic (exact) mass is 290 g/mol. The number of hydrogen-bond acceptors (Lipinski definition) is 2. The third-order valence-corrected chi connectivity index (χ3v) is 4.15. The third kappa shape index (κ3) is 2.53. The highest BCUT2D eigenvalue weighted by Gasteiger charge is 2.52. The lowest BCUT2D eigenvalue weighted by molar-refractivity contribution is -0.123. The van der Waals surface area contributed by atoms with Gasteiger partial charge >= 0.3 is 0 Å². The van der Waals surface area contributed by atoms with Crippen LogP contribution in [0.25, 0.3) is 10.9 Å². The van der Waals surface area contributed by atoms with Crippen LogP contribution in [0.4, 0.5) is 4.39 Å². The summed E-state index contributed by atoms with van der Waals surface area (Å²) in [5.74, 6) is -0.247. The maximum absolute atomic E-state index is 13.5. The number of rotatable bonds is 6. The van der Waals surface area contributed by atoms with Crippen LogP contribution in [0.5, 0.6) is 0 Å². The Morgan fingerprint density at radius 1 is 1.48 bits per heavy atom. The molecule has 0 atom stereocenters. The first kappa shape index (κ1) is 14.1. The molecule has 0 saturated heterocycles. The van der Waals surface area contributed by atoms with Gasteiger partial charge in [-0.15, -0.1) is 0 Å². The van der Waals surface area contributed by atoms with Crippen molar-refractivity contribution in [3.05, 3.63) is 35.8 Å². The molecule has 3 rings (SSSR count). The van der Waals surface area contributed by atoms with E-state index in [1.165, 1.54) is 12.1 Å². The summed E-state index contributed by atoms with van der Waals surface area (Å²) in [5, 5.41) is 3.77. The standard InChI is InChI=1S/C16H19FN2O2/c1-21-8-2-7-18-15(20)16(5-6-16)13-10-19-14-4-3-11(17)9-12(13)14/h3-4,9-10,19H,2,5-8H2,1H3,(H,18,20). The van der Waals surface area contributed by atoms with Crippen LogP contribution in [0.2, 0.25) is 0 Å². The van der Waals surface area contributed by atoms with Crippen LogP contribution in [-0.2, 0) is 14.9 Å². The third-order valence-electron chi connectivity index (χ3n) is 4.15. The molecule has 5 heteroatoms. The molecule has 1 fully saturated rings. The lowest BCUT2D eigenvalue weighted by Crippen LogP contribution is -2.35. The lowest BCUT2D eigenvalue weighted by atomic mass is 9.94. The molecule has 1 aliphatic rings. The van der Waals surface area contributed by atoms with Crippen LogP contribution in [0.1, 0.15) is 24.8 Å². The summed E-state index contributed by atoms with van der Waals surface area (Å²) in [6.45, 7) is 1.23. The van der Waals surface area contributed by atoms with Gasteiger partial charge in [0.25, 0.3) is 0 Å². The molecule has 0 radical (unpaired) electrons. The largest absolute Gasteiger partial charge is 0.385 e. The number of aromatic nitrogens is 1. The molecular weight excluding hydrogens is 271 g/mol. The molecule has 2 N–H and O–H groups in total. The van der Waals surface area contributed by atoms with Crippen molar-refractivity contribution in [1.82, 2.24) is 10.3 Å². The molecule has 1 aliphatic carbocycles. The first-order valence-electron chi connectivity index (χ1n) is 7.22. The van der Waals surface area contributed by atoms with Crippen LogP contribution in [0.3, 0.4) is 0 Å². The maximum atomic E-state index is 13.5. The highest BCUT2D eigenvalue weighted by Crippen LogP contribution is 2.50. The van der Waals surface area contributed by atoms with E-state index in [4.69, 9.17) is 4.74 Å². The van der Waals surface area contributed by atoms with Gasteiger partial charge in [-0.05, 0) is 43.0 Å². The highest BCUT2D eigenvalue weighted by atomic mass is 19.1. The minimum atomic E-state index is -0.487. The summed E-state index contributed by atoms with van der Waals surface area (Å²) in [7, 11) is 1.64. The fourth-order valence-corrected chi connectivity index (χ4v) is 2.82. The first-order chi connectivity index (χ1) is 10.2. The van der Waals surface area contributed by atoms with Crippen LogP contribution >= 0.6 is 0 Å². The number of ether oxygens (including phenoxy) is 1. The normalized spacial score (nSPS) is 16.1. The van der Waals surface area contributed by atoms with E-state index in [-0.39, 0.29) is 11.7 Å². The highest BCUT2D eigenvalue weighted by molar-refractivity contribution is 5.97. The summed E-state index contributed by atoms with van der Waals surface area (Å²) < 4.78 is 18.4. The Morgan fingerprint density at radius 2 is 2.29 bits per heavy atom. The molecule has 0 bridgehead atoms. The zero-order valence-electron chi connectivity index (χ0n) is 12.0. The zero-order valence-corrected chi connectivity index (χ0v) is 12.0. The number of fused-ring (bicyclic) bond motifs is 1. The lowest BCUT2D eigenvalue weighted by Gasteiger charge is -2.15. The van der Waals surface area contributed by atoms with Gasteiger partial charge in [0.2, 0.25) is 5.91 Å². The summed E-state index contributed by atoms with van der Waals surface area (Å²) in [4.78, 5) is 15.6. The predicted molar refractivity (Wildman–Crippen MR) is 78.7 cm³/mol. The minimum absolute atomic E-state index is 0.0313. The van der Waals surface area contributed by atoms with E-state index in [2.05, 4.69) is 10.3 Å². The average Bonchev–Trinajstić information content (AvgIpc) is 3.18. The van der Waals surface area contributed by atoms with Crippen molar-refractivity contribution in [3.8, 4) is 0 Å². The van der Waals surface area contributed by atoms with Gasteiger partial charge in [0.05, 0.1) is 5.41 Å². The van der Waals surface area contributed by atoms with Crippen molar-refractivity contribution in [1.29, 1.82) is 0 Å². The van der Waals surface area contributed by atoms with Gasteiger partial charge in [-0.3, -0.25) is 4.79 Å². The van der Waals surface area contributed by atoms with Gasteiger partial charge in [0, 0.05) is 37.4 Å². The quantitative estimate of drug-likeness (QED) is 0.803. The second kappa shape index (κ2) is 5.48. The number of nitrogens with one attached hydrogen (secondary N) is 2. The molecule has 2 aromatic rings. The van der Waals surface area contributed by atoms with Crippen molar-refractivity contribution < 1.29 is 13.9 Å². The number of aromatic amines is 1. The number of H-pyrrole nitrogens is 1. The number of halogens is 1. The Hall–Kier alpha value is -1.88. The number of amides is 1. The Labute approximate surface area is 122 Å². The molecule has 1 amide bonds. The number of methoxy groups -OCH3 is 1. The Balaban J connectivity index is 1.80. The topological polar surface area (TPSA) is 54.1 Å². The first-order valence-corrected chi connectivity index (χ1v) is 7.22. The van der Waals surface area contributed by atoms with Gasteiger partial charge in [0.1, 0.15) is 5.82 Å². The second-order valence-electron chi connectivity index (χ2n) is 5.58. The summed E-state index contributed by atoms with van der Waals surface area (Å²) >= 11 is 0. The van der Waals surface area contributed by atoms with E-state index in [1.807, 2.05) is 6.20 Å². The van der Waals surface area contributed by atoms with Crippen molar-refractivity contribution >= 4 is 16.8 Å². The average molecular weight is 290 g/mol. The maximum Gasteiger partial charge on any atom is 0.230 e. The van der Waals surface area contributed by atoms with Gasteiger partial charge < -0.3 is 15.0 Å². The molecule has 1 aromatic heterocycles. The van der Waals surface area contributed by atoms with Crippen LogP contribution < -0.4 is 5.32 Å². The molecule has 21 heavy (non-hydrogen) atoms. The van der Waals surface area contributed by atoms with E-state index in [0.29, 0.717) is 13.2 Å². The fourth-order valence-electron chi connectivity index (χ4n) is 2.82. The van der Waals surface area contributed by atoms with Crippen LogP contribution in [-0.4, -0.2) is 31.2 Å². The molecule has 4 nitrogen and oxygen atoms in total. The van der Waals surface area contributed by atoms with Crippen molar-refractivity contribution in [2.75, 3.05) is 20.3 Å². The van der Waals surface area contributed by atoms with E-state index in [1.54, 1.807) is 13.2 Å². The van der Waals surface area contributed by atoms with Crippen molar-refractivity contribution in [2.45, 2.75) is 24.7 Å². The van der Waals surface area contributed by atoms with Crippen molar-refractivity contribution in [2.24, 2.45) is 0 Å². The van der Waals surface area contributed by atoms with Gasteiger partial charge in [-0.2, -0.15) is 0 Å². The van der Waals surface area contributed by atoms with Crippen LogP contribution in [0, 0.1) is 5.82 Å². The van der Waals surface area contributed by atoms with E-state index in [0.717, 1.165) is 35.7 Å². The van der Waals surface area contributed by atoms with Gasteiger partial charge in [0.15, 0.2) is 0 Å². The molecule has 0 spiro atoms. The Bertz CT molecular complexity index is 661. The Morgan fingerprint density at radius 3 is 3.00 bits per heavy atom. The van der Waals surface area contributed by atoms with E-state index >= 15 is 0 Å². The number of hydrogen-bond donors (Lipinski definition) is 2. The molecule has 0 unspecified atom stereocenters. The van der Waals surface area contributed by atoms with E-state index < -0.39 is 5.41 Å². The SMILES string of the molecule is COCCCNC(=O)C1(c2c[nH]c3ccc(F)cc23)CC1. The molecule has 1 saturated carbocycles. The van der Waals surface area contributed by atoms with E-state index in [9.17, 15) is 9.18 Å². The van der Waals surface area contributed by atoms with Crippen LogP contribution in [0.15, 0.2) is 24.4 Å². The van der Waals surface area contributed by atoms with Gasteiger partial charge in [-0.25, -0.2) is 4.39 Å². The summed E-state index contributed by atoms with van der Waals surface area (Å²) in [5.41, 5.74) is 1.28. The second-order valence-corrected chi connectivity index (χ2v) is 5.58. The number of benzene rings is 1. The number of carbonyl (C=O) groups is 1. The molecule has 1 heterocycles.